The van der Waals surface area contributed by atoms with E-state index in [9.17, 15) is 14.7 Å². The number of hydrogen-bond donors (Lipinski definition) is 1. The number of piperazine rings is 1. The highest BCUT2D eigenvalue weighted by Gasteiger charge is 2.35. The molecule has 0 unspecified atom stereocenters. The number of nitrogens with zero attached hydrogens (tertiary/aromatic N) is 4. The summed E-state index contributed by atoms with van der Waals surface area (Å²) in [7, 11) is 1.71. The third kappa shape index (κ3) is 3.86. The van der Waals surface area contributed by atoms with Gasteiger partial charge in [-0.25, -0.2) is 9.78 Å². The number of carbonyl (C=O) groups is 1. The van der Waals surface area contributed by atoms with E-state index in [1.54, 1.807) is 22.6 Å². The summed E-state index contributed by atoms with van der Waals surface area (Å²) in [5.74, 6) is 0. The fraction of sp³-hybridized carbons (Fsp3) is 0.632. The fourth-order valence-corrected chi connectivity index (χ4v) is 4.35. The van der Waals surface area contributed by atoms with Crippen LogP contribution in [0.4, 0.5) is 10.5 Å². The van der Waals surface area contributed by atoms with Gasteiger partial charge < -0.3 is 24.2 Å². The molecule has 1 aliphatic heterocycles. The lowest BCUT2D eigenvalue weighted by Crippen LogP contribution is -2.59. The lowest BCUT2D eigenvalue weighted by molar-refractivity contribution is 0.0130. The van der Waals surface area contributed by atoms with Crippen molar-refractivity contribution >= 4 is 33.5 Å². The number of anilines is 1. The molecule has 1 N–H and O–H groups in total. The van der Waals surface area contributed by atoms with E-state index in [1.165, 1.54) is 11.3 Å². The standard InChI is InChI=1S/C19H28N4O4S/c1-11-9-23(18(26)27-19(3,4)5)12(2)8-22(11)13-7-15(25)21(6)17-16(13)20-14(10-24)28-17/h7,11-12,24H,8-10H2,1-6H3/t11-,12+/m0/s1. The molecule has 0 aliphatic carbocycles. The van der Waals surface area contributed by atoms with Crippen LogP contribution in [-0.4, -0.2) is 56.4 Å². The van der Waals surface area contributed by atoms with Crippen molar-refractivity contribution in [3.8, 4) is 0 Å². The minimum absolute atomic E-state index is 0.0155. The third-order valence-electron chi connectivity index (χ3n) is 4.85. The number of aromatic nitrogens is 2. The average molecular weight is 409 g/mol. The van der Waals surface area contributed by atoms with Gasteiger partial charge in [0.2, 0.25) is 0 Å². The van der Waals surface area contributed by atoms with Gasteiger partial charge in [-0.2, -0.15) is 0 Å². The number of amides is 1. The van der Waals surface area contributed by atoms with E-state index in [1.807, 2.05) is 34.6 Å². The van der Waals surface area contributed by atoms with Crippen LogP contribution >= 0.6 is 11.3 Å². The second kappa shape index (κ2) is 7.36. The molecule has 8 nitrogen and oxygen atoms in total. The van der Waals surface area contributed by atoms with E-state index in [0.29, 0.717) is 23.6 Å². The predicted molar refractivity (Wildman–Crippen MR) is 110 cm³/mol. The smallest absolute Gasteiger partial charge is 0.410 e. The van der Waals surface area contributed by atoms with Crippen molar-refractivity contribution in [1.29, 1.82) is 0 Å². The molecule has 1 fully saturated rings. The first-order chi connectivity index (χ1) is 13.0. The van der Waals surface area contributed by atoms with E-state index in [4.69, 9.17) is 4.74 Å². The Morgan fingerprint density at radius 3 is 2.61 bits per heavy atom. The number of thiazole rings is 1. The monoisotopic (exact) mass is 408 g/mol. The van der Waals surface area contributed by atoms with Crippen molar-refractivity contribution in [2.45, 2.75) is 58.9 Å². The highest BCUT2D eigenvalue weighted by atomic mass is 32.1. The van der Waals surface area contributed by atoms with Gasteiger partial charge in [-0.05, 0) is 34.6 Å². The zero-order chi connectivity index (χ0) is 20.8. The summed E-state index contributed by atoms with van der Waals surface area (Å²) in [4.78, 5) is 34.2. The molecule has 2 aromatic rings. The first-order valence-electron chi connectivity index (χ1n) is 9.38. The Morgan fingerprint density at radius 1 is 1.32 bits per heavy atom. The summed E-state index contributed by atoms with van der Waals surface area (Å²) in [5.41, 5.74) is 0.791. The third-order valence-corrected chi connectivity index (χ3v) is 5.97. The van der Waals surface area contributed by atoms with Gasteiger partial charge in [0.25, 0.3) is 5.56 Å². The predicted octanol–water partition coefficient (Wildman–Crippen LogP) is 2.32. The number of fused-ring (bicyclic) bond motifs is 1. The Labute approximate surface area is 168 Å². The van der Waals surface area contributed by atoms with Crippen LogP contribution in [0.15, 0.2) is 10.9 Å². The lowest BCUT2D eigenvalue weighted by Gasteiger charge is -2.45. The van der Waals surface area contributed by atoms with Crippen LogP contribution in [0.5, 0.6) is 0 Å². The molecule has 3 heterocycles. The van der Waals surface area contributed by atoms with Crippen LogP contribution in [0.25, 0.3) is 10.3 Å². The summed E-state index contributed by atoms with van der Waals surface area (Å²) < 4.78 is 7.09. The number of carbonyl (C=O) groups excluding carboxylic acids is 1. The van der Waals surface area contributed by atoms with Gasteiger partial charge in [0, 0.05) is 38.3 Å². The van der Waals surface area contributed by atoms with Crippen LogP contribution < -0.4 is 10.5 Å². The van der Waals surface area contributed by atoms with Crippen molar-refractivity contribution in [3.63, 3.8) is 0 Å². The first kappa shape index (κ1) is 20.6. The van der Waals surface area contributed by atoms with E-state index < -0.39 is 5.60 Å². The first-order valence-corrected chi connectivity index (χ1v) is 10.2. The Balaban J connectivity index is 1.94. The Kier molecular flexibility index (Phi) is 5.42. The number of pyridine rings is 1. The second-order valence-corrected chi connectivity index (χ2v) is 9.39. The maximum atomic E-state index is 12.6. The molecule has 154 valence electrons. The van der Waals surface area contributed by atoms with E-state index in [2.05, 4.69) is 9.88 Å². The minimum atomic E-state index is -0.545. The number of ether oxygens (including phenoxy) is 1. The van der Waals surface area contributed by atoms with Crippen LogP contribution in [0.3, 0.4) is 0 Å². The highest BCUT2D eigenvalue weighted by Crippen LogP contribution is 2.32. The zero-order valence-electron chi connectivity index (χ0n) is 17.2. The van der Waals surface area contributed by atoms with Crippen molar-refractivity contribution in [1.82, 2.24) is 14.5 Å². The normalized spacial score (nSPS) is 20.7. The Bertz CT molecular complexity index is 946. The quantitative estimate of drug-likeness (QED) is 0.821. The summed E-state index contributed by atoms with van der Waals surface area (Å²) in [6, 6.07) is 1.50. The minimum Gasteiger partial charge on any atom is -0.444 e. The maximum absolute atomic E-state index is 12.6. The molecule has 1 amide bonds. The molecule has 0 spiro atoms. The number of aryl methyl sites for hydroxylation is 1. The van der Waals surface area contributed by atoms with Gasteiger partial charge in [0.05, 0.1) is 12.3 Å². The molecule has 0 radical (unpaired) electrons. The van der Waals surface area contributed by atoms with Crippen molar-refractivity contribution in [2.75, 3.05) is 18.0 Å². The summed E-state index contributed by atoms with van der Waals surface area (Å²) >= 11 is 1.32. The molecule has 1 saturated heterocycles. The van der Waals surface area contributed by atoms with Crippen molar-refractivity contribution in [3.05, 3.63) is 21.4 Å². The lowest BCUT2D eigenvalue weighted by atomic mass is 10.1. The number of aliphatic hydroxyl groups excluding tert-OH is 1. The molecule has 3 rings (SSSR count). The Morgan fingerprint density at radius 2 is 2.00 bits per heavy atom. The van der Waals surface area contributed by atoms with Crippen LogP contribution in [0.1, 0.15) is 39.6 Å². The molecule has 0 saturated carbocycles. The maximum Gasteiger partial charge on any atom is 0.410 e. The topological polar surface area (TPSA) is 87.9 Å². The number of aliphatic hydroxyl groups is 1. The molecule has 28 heavy (non-hydrogen) atoms. The SMILES string of the molecule is C[C@@H]1CN(c2cc(=O)n(C)c3sc(CO)nc23)[C@@H](C)CN1C(=O)OC(C)(C)C. The van der Waals surface area contributed by atoms with Crippen LogP contribution in [-0.2, 0) is 18.4 Å². The molecular weight excluding hydrogens is 380 g/mol. The number of hydrogen-bond acceptors (Lipinski definition) is 7. The molecule has 0 aromatic carbocycles. The summed E-state index contributed by atoms with van der Waals surface area (Å²) in [6.07, 6.45) is -0.322. The van der Waals surface area contributed by atoms with Crippen molar-refractivity contribution in [2.24, 2.45) is 7.05 Å². The average Bonchev–Trinajstić information content (AvgIpc) is 3.03. The Hall–Kier alpha value is -2.13. The van der Waals surface area contributed by atoms with Crippen LogP contribution in [0.2, 0.25) is 0 Å². The summed E-state index contributed by atoms with van der Waals surface area (Å²) in [5, 5.41) is 10.0. The molecule has 2 aromatic heterocycles. The van der Waals surface area contributed by atoms with E-state index in [-0.39, 0.29) is 30.3 Å². The van der Waals surface area contributed by atoms with E-state index >= 15 is 0 Å². The fourth-order valence-electron chi connectivity index (χ4n) is 3.46. The molecule has 1 aliphatic rings. The second-order valence-electron chi connectivity index (χ2n) is 8.33. The largest absolute Gasteiger partial charge is 0.444 e. The molecule has 2 atom stereocenters. The zero-order valence-corrected chi connectivity index (χ0v) is 18.0. The van der Waals surface area contributed by atoms with Crippen molar-refractivity contribution < 1.29 is 14.6 Å². The molecular formula is C19H28N4O4S. The molecule has 9 heteroatoms. The van der Waals surface area contributed by atoms with Crippen LogP contribution in [0, 0.1) is 0 Å². The van der Waals surface area contributed by atoms with Gasteiger partial charge in [0.1, 0.15) is 21.0 Å². The van der Waals surface area contributed by atoms with Gasteiger partial charge in [-0.15, -0.1) is 0 Å². The number of rotatable bonds is 2. The highest BCUT2D eigenvalue weighted by molar-refractivity contribution is 7.18. The summed E-state index contributed by atoms with van der Waals surface area (Å²) in [6.45, 7) is 10.4. The van der Waals surface area contributed by atoms with Gasteiger partial charge in [-0.1, -0.05) is 11.3 Å². The molecule has 0 bridgehead atoms. The van der Waals surface area contributed by atoms with Gasteiger partial charge in [0.15, 0.2) is 0 Å². The van der Waals surface area contributed by atoms with Gasteiger partial charge in [-0.3, -0.25) is 4.79 Å². The van der Waals surface area contributed by atoms with Gasteiger partial charge >= 0.3 is 6.09 Å². The van der Waals surface area contributed by atoms with E-state index in [0.717, 1.165) is 10.5 Å².